The third kappa shape index (κ3) is 7.10. The number of carbonyl (C=O) groups is 2. The van der Waals surface area contributed by atoms with Crippen molar-refractivity contribution in [2.45, 2.75) is 78.7 Å². The first-order valence-electron chi connectivity index (χ1n) is 15.4. The zero-order valence-corrected chi connectivity index (χ0v) is 26.3. The van der Waals surface area contributed by atoms with Gasteiger partial charge in [-0.3, -0.25) is 9.59 Å². The van der Waals surface area contributed by atoms with Gasteiger partial charge in [0.2, 0.25) is 5.91 Å². The van der Waals surface area contributed by atoms with Crippen molar-refractivity contribution in [3.05, 3.63) is 83.2 Å². The number of rotatable bonds is 14. The molecule has 2 aromatic carbocycles. The maximum absolute atomic E-state index is 13.5. The first-order chi connectivity index (χ1) is 21.2. The van der Waals surface area contributed by atoms with Crippen LogP contribution in [0, 0.1) is 20.8 Å². The molecule has 3 heterocycles. The van der Waals surface area contributed by atoms with E-state index < -0.39 is 0 Å². The zero-order chi connectivity index (χ0) is 31.2. The molecule has 0 bridgehead atoms. The normalized spacial score (nSPS) is 12.0. The molecule has 1 unspecified atom stereocenters. The third-order valence-corrected chi connectivity index (χ3v) is 8.18. The summed E-state index contributed by atoms with van der Waals surface area (Å²) in [4.78, 5) is 36.9. The summed E-state index contributed by atoms with van der Waals surface area (Å²) < 4.78 is 7.36. The van der Waals surface area contributed by atoms with Crippen LogP contribution in [0.25, 0.3) is 27.8 Å². The van der Waals surface area contributed by atoms with E-state index in [2.05, 4.69) is 32.5 Å². The largest absolute Gasteiger partial charge is 0.497 e. The van der Waals surface area contributed by atoms with Crippen molar-refractivity contribution in [2.75, 3.05) is 7.11 Å². The van der Waals surface area contributed by atoms with Gasteiger partial charge in [0.15, 0.2) is 0 Å². The van der Waals surface area contributed by atoms with E-state index in [4.69, 9.17) is 9.72 Å². The number of nitrogens with zero attached hydrogens (tertiary/aromatic N) is 3. The maximum Gasteiger partial charge on any atom is 0.225 e. The Balaban J connectivity index is 1.35. The van der Waals surface area contributed by atoms with Gasteiger partial charge < -0.3 is 20.0 Å². The number of hydrogen-bond acceptors (Lipinski definition) is 5. The van der Waals surface area contributed by atoms with Gasteiger partial charge in [0.1, 0.15) is 17.4 Å². The molecule has 0 aliphatic heterocycles. The number of aromatic amines is 2. The Morgan fingerprint density at radius 2 is 1.86 bits per heavy atom. The molecule has 0 aliphatic rings. The smallest absolute Gasteiger partial charge is 0.225 e. The summed E-state index contributed by atoms with van der Waals surface area (Å²) in [5.41, 5.74) is 7.76. The molecule has 0 radical (unpaired) electrons. The molecule has 0 spiro atoms. The van der Waals surface area contributed by atoms with Crippen LogP contribution in [0.2, 0.25) is 0 Å². The number of fused-ring (bicyclic) bond motifs is 1. The van der Waals surface area contributed by atoms with Crippen molar-refractivity contribution in [2.24, 2.45) is 0 Å². The number of amides is 1. The van der Waals surface area contributed by atoms with Crippen LogP contribution in [0.4, 0.5) is 0 Å². The molecular weight excluding hydrogens is 552 g/mol. The van der Waals surface area contributed by atoms with Crippen molar-refractivity contribution in [3.8, 4) is 22.7 Å². The fourth-order valence-corrected chi connectivity index (χ4v) is 5.78. The van der Waals surface area contributed by atoms with Crippen LogP contribution in [-0.4, -0.2) is 43.5 Å². The molecule has 44 heavy (non-hydrogen) atoms. The van der Waals surface area contributed by atoms with E-state index in [0.717, 1.165) is 75.5 Å². The van der Waals surface area contributed by atoms with Gasteiger partial charge in [-0.1, -0.05) is 31.9 Å². The number of Topliss-reactive ketones (excluding diaryl/α,β-unsaturated/α-hetero) is 1. The Labute approximate surface area is 258 Å². The molecule has 0 saturated carbocycles. The van der Waals surface area contributed by atoms with Gasteiger partial charge in [-0.2, -0.15) is 5.10 Å². The fraction of sp³-hybridized carbons (Fsp3) is 0.371. The third-order valence-electron chi connectivity index (χ3n) is 8.18. The number of nitrogens with one attached hydrogen (secondary N) is 3. The number of H-pyrrole nitrogens is 2. The maximum atomic E-state index is 13.5. The second kappa shape index (κ2) is 13.8. The molecule has 9 heteroatoms. The van der Waals surface area contributed by atoms with Crippen LogP contribution in [0.15, 0.2) is 54.7 Å². The second-order valence-corrected chi connectivity index (χ2v) is 11.5. The first-order valence-corrected chi connectivity index (χ1v) is 15.4. The zero-order valence-electron chi connectivity index (χ0n) is 26.3. The first kappa shape index (κ1) is 30.8. The molecule has 3 N–H and O–H groups in total. The van der Waals surface area contributed by atoms with Gasteiger partial charge in [-0.25, -0.2) is 9.67 Å². The highest BCUT2D eigenvalue weighted by atomic mass is 16.5. The molecule has 230 valence electrons. The summed E-state index contributed by atoms with van der Waals surface area (Å²) in [7, 11) is 1.64. The van der Waals surface area contributed by atoms with Crippen LogP contribution in [-0.2, 0) is 16.0 Å². The lowest BCUT2D eigenvalue weighted by Gasteiger charge is -2.17. The van der Waals surface area contributed by atoms with Crippen molar-refractivity contribution in [3.63, 3.8) is 0 Å². The number of hydrogen-bond donors (Lipinski definition) is 3. The highest BCUT2D eigenvalue weighted by Gasteiger charge is 2.21. The predicted octanol–water partition coefficient (Wildman–Crippen LogP) is 7.01. The molecule has 0 fully saturated rings. The molecule has 0 saturated heterocycles. The molecule has 9 nitrogen and oxygen atoms in total. The van der Waals surface area contributed by atoms with E-state index in [1.807, 2.05) is 75.0 Å². The summed E-state index contributed by atoms with van der Waals surface area (Å²) in [6, 6.07) is 15.8. The minimum absolute atomic E-state index is 0.0764. The Kier molecular flexibility index (Phi) is 9.62. The van der Waals surface area contributed by atoms with Crippen molar-refractivity contribution in [1.29, 1.82) is 0 Å². The summed E-state index contributed by atoms with van der Waals surface area (Å²) >= 11 is 0. The molecule has 5 aromatic rings. The van der Waals surface area contributed by atoms with Crippen molar-refractivity contribution < 1.29 is 14.3 Å². The van der Waals surface area contributed by atoms with E-state index in [0.29, 0.717) is 30.9 Å². The van der Waals surface area contributed by atoms with Crippen molar-refractivity contribution >= 4 is 22.6 Å². The predicted molar refractivity (Wildman–Crippen MR) is 173 cm³/mol. The van der Waals surface area contributed by atoms with Crippen LogP contribution in [0.5, 0.6) is 5.75 Å². The van der Waals surface area contributed by atoms with Gasteiger partial charge in [0.25, 0.3) is 0 Å². The van der Waals surface area contributed by atoms with Crippen LogP contribution in [0.3, 0.4) is 0 Å². The summed E-state index contributed by atoms with van der Waals surface area (Å²) in [5.74, 6) is 1.68. The van der Waals surface area contributed by atoms with E-state index in [1.54, 1.807) is 7.11 Å². The number of aryl methyl sites for hydroxylation is 3. The number of methoxy groups -OCH3 is 1. The SMILES string of the molecule is CCC(=O)CCCCCC(NC(=O)Cc1c(C)[nH]c2ccc(OC)cc12)c1ncc(-c2cccc(-n3nc(C)cc3C)c2)[nH]1. The van der Waals surface area contributed by atoms with E-state index in [-0.39, 0.29) is 18.4 Å². The quantitative estimate of drug-likeness (QED) is 0.120. The Morgan fingerprint density at radius 3 is 2.61 bits per heavy atom. The van der Waals surface area contributed by atoms with Crippen LogP contribution >= 0.6 is 0 Å². The number of imidazole rings is 1. The second-order valence-electron chi connectivity index (χ2n) is 11.5. The minimum Gasteiger partial charge on any atom is -0.497 e. The lowest BCUT2D eigenvalue weighted by atomic mass is 10.0. The average Bonchev–Trinajstić information content (AvgIpc) is 3.73. The number of aromatic nitrogens is 5. The summed E-state index contributed by atoms with van der Waals surface area (Å²) in [6.45, 7) is 7.92. The topological polar surface area (TPSA) is 118 Å². The highest BCUT2D eigenvalue weighted by molar-refractivity contribution is 5.91. The van der Waals surface area contributed by atoms with Gasteiger partial charge in [0, 0.05) is 40.7 Å². The van der Waals surface area contributed by atoms with Crippen LogP contribution in [0.1, 0.15) is 80.0 Å². The minimum atomic E-state index is -0.294. The Bertz CT molecular complexity index is 1760. The summed E-state index contributed by atoms with van der Waals surface area (Å²) in [5, 5.41) is 8.86. The fourth-order valence-electron chi connectivity index (χ4n) is 5.78. The van der Waals surface area contributed by atoms with Crippen molar-refractivity contribution in [1.82, 2.24) is 30.0 Å². The number of ether oxygens (including phenoxy) is 1. The number of carbonyl (C=O) groups excluding carboxylic acids is 2. The van der Waals surface area contributed by atoms with Gasteiger partial charge in [-0.15, -0.1) is 0 Å². The highest BCUT2D eigenvalue weighted by Crippen LogP contribution is 2.28. The molecule has 0 aliphatic carbocycles. The van der Waals surface area contributed by atoms with Gasteiger partial charge in [-0.05, 0) is 75.6 Å². The van der Waals surface area contributed by atoms with E-state index in [1.165, 1.54) is 0 Å². The van der Waals surface area contributed by atoms with Crippen LogP contribution < -0.4 is 10.1 Å². The molecule has 1 amide bonds. The van der Waals surface area contributed by atoms with E-state index in [9.17, 15) is 9.59 Å². The lowest BCUT2D eigenvalue weighted by Crippen LogP contribution is -2.30. The van der Waals surface area contributed by atoms with E-state index >= 15 is 0 Å². The monoisotopic (exact) mass is 594 g/mol. The molecule has 3 aromatic heterocycles. The van der Waals surface area contributed by atoms with Gasteiger partial charge in [0.05, 0.1) is 42.8 Å². The molecule has 1 atom stereocenters. The molecular formula is C35H42N6O3. The number of unbranched alkanes of at least 4 members (excludes halogenated alkanes) is 2. The molecule has 5 rings (SSSR count). The lowest BCUT2D eigenvalue weighted by molar-refractivity contribution is -0.121. The summed E-state index contributed by atoms with van der Waals surface area (Å²) in [6.07, 6.45) is 6.59. The number of ketones is 1. The van der Waals surface area contributed by atoms with Gasteiger partial charge >= 0.3 is 0 Å². The number of benzene rings is 2. The average molecular weight is 595 g/mol. The Hall–Kier alpha value is -4.66. The Morgan fingerprint density at radius 1 is 1.02 bits per heavy atom. The standard InChI is InChI=1S/C35H42N6O3/c1-6-27(42)13-8-7-9-14-32(38-34(43)20-29-24(4)37-31-16-15-28(44-5)19-30(29)31)35-36-21-33(39-35)25-11-10-12-26(18-25)41-23(3)17-22(2)40-41/h10-12,15-19,21,32,37H,6-9,13-14,20H2,1-5H3,(H,36,39)(H,38,43).